The summed E-state index contributed by atoms with van der Waals surface area (Å²) in [6.07, 6.45) is 3.47. The minimum absolute atomic E-state index is 0.172. The summed E-state index contributed by atoms with van der Waals surface area (Å²) < 4.78 is 45.0. The number of anilines is 2. The molecule has 1 N–H and O–H groups in total. The molecule has 5 nitrogen and oxygen atoms in total. The van der Waals surface area contributed by atoms with Gasteiger partial charge in [0, 0.05) is 55.8 Å². The number of rotatable bonds is 7. The van der Waals surface area contributed by atoms with Gasteiger partial charge in [-0.2, -0.15) is 4.39 Å². The number of pyridine rings is 2. The first-order chi connectivity index (χ1) is 15.9. The molecule has 4 rings (SSSR count). The molecule has 0 amide bonds. The van der Waals surface area contributed by atoms with Crippen LogP contribution in [0.25, 0.3) is 0 Å². The fourth-order valence-corrected chi connectivity index (χ4v) is 4.73. The van der Waals surface area contributed by atoms with E-state index >= 15 is 4.39 Å². The van der Waals surface area contributed by atoms with E-state index < -0.39 is 11.8 Å². The van der Waals surface area contributed by atoms with Crippen molar-refractivity contribution in [2.45, 2.75) is 37.4 Å². The summed E-state index contributed by atoms with van der Waals surface area (Å²) in [5.74, 6) is -0.899. The van der Waals surface area contributed by atoms with Gasteiger partial charge in [0.15, 0.2) is 10.8 Å². The van der Waals surface area contributed by atoms with E-state index in [1.54, 1.807) is 25.3 Å². The van der Waals surface area contributed by atoms with E-state index in [4.69, 9.17) is 0 Å². The molecule has 2 aromatic heterocycles. The van der Waals surface area contributed by atoms with Gasteiger partial charge in [0.05, 0.1) is 11.9 Å². The van der Waals surface area contributed by atoms with Crippen LogP contribution in [0.1, 0.15) is 24.0 Å². The Labute approximate surface area is 196 Å². The Balaban J connectivity index is 1.36. The largest absolute Gasteiger partial charge is 0.370 e. The molecule has 3 aromatic rings. The van der Waals surface area contributed by atoms with Gasteiger partial charge in [0.2, 0.25) is 5.95 Å². The molecule has 0 radical (unpaired) electrons. The molecule has 0 spiro atoms. The second kappa shape index (κ2) is 10.4. The Morgan fingerprint density at radius 1 is 1.09 bits per heavy atom. The number of halogens is 3. The van der Waals surface area contributed by atoms with Crippen LogP contribution >= 0.6 is 11.9 Å². The highest BCUT2D eigenvalue weighted by atomic mass is 32.2. The standard InChI is InChI=1S/C24H26F3N5S/c1-16-20(14-28-24(23(16)27)33-30-22-9-5-8-21(26)29-22)31(2)18-10-12-32(13-11-18)15-17-6-3-4-7-19(17)25/h3-9,14,18H,10-13,15H2,1-2H3,(H,29,30). The molecule has 1 aromatic carbocycles. The van der Waals surface area contributed by atoms with Gasteiger partial charge in [-0.25, -0.2) is 18.7 Å². The van der Waals surface area contributed by atoms with Crippen molar-refractivity contribution in [3.8, 4) is 0 Å². The first-order valence-electron chi connectivity index (χ1n) is 10.8. The van der Waals surface area contributed by atoms with Crippen molar-refractivity contribution >= 4 is 23.5 Å². The van der Waals surface area contributed by atoms with Crippen molar-refractivity contribution in [1.82, 2.24) is 14.9 Å². The molecule has 1 saturated heterocycles. The number of nitrogens with one attached hydrogen (secondary N) is 1. The highest BCUT2D eigenvalue weighted by molar-refractivity contribution is 8.00. The van der Waals surface area contributed by atoms with E-state index in [1.807, 2.05) is 19.2 Å². The number of nitrogens with zero attached hydrogens (tertiary/aromatic N) is 4. The van der Waals surface area contributed by atoms with E-state index in [9.17, 15) is 8.78 Å². The summed E-state index contributed by atoms with van der Waals surface area (Å²) in [7, 11) is 1.96. The van der Waals surface area contributed by atoms with Crippen molar-refractivity contribution in [2.75, 3.05) is 29.8 Å². The smallest absolute Gasteiger partial charge is 0.214 e. The lowest BCUT2D eigenvalue weighted by Crippen LogP contribution is -2.43. The van der Waals surface area contributed by atoms with Crippen LogP contribution in [0.4, 0.5) is 24.7 Å². The zero-order valence-corrected chi connectivity index (χ0v) is 19.4. The molecule has 174 valence electrons. The lowest BCUT2D eigenvalue weighted by Gasteiger charge is -2.38. The average molecular weight is 474 g/mol. The Morgan fingerprint density at radius 3 is 2.58 bits per heavy atom. The maximum atomic E-state index is 15.0. The zero-order valence-electron chi connectivity index (χ0n) is 18.6. The van der Waals surface area contributed by atoms with Gasteiger partial charge in [-0.05, 0) is 38.0 Å². The molecule has 0 aliphatic carbocycles. The van der Waals surface area contributed by atoms with Crippen molar-refractivity contribution in [2.24, 2.45) is 0 Å². The number of hydrogen-bond donors (Lipinski definition) is 1. The van der Waals surface area contributed by atoms with E-state index in [-0.39, 0.29) is 16.9 Å². The molecule has 33 heavy (non-hydrogen) atoms. The summed E-state index contributed by atoms with van der Waals surface area (Å²) in [6.45, 7) is 4.02. The van der Waals surface area contributed by atoms with Crippen LogP contribution in [-0.4, -0.2) is 41.0 Å². The van der Waals surface area contributed by atoms with Crippen molar-refractivity contribution in [3.63, 3.8) is 0 Å². The predicted octanol–water partition coefficient (Wildman–Crippen LogP) is 5.42. The second-order valence-electron chi connectivity index (χ2n) is 8.15. The van der Waals surface area contributed by atoms with E-state index in [2.05, 4.69) is 24.5 Å². The van der Waals surface area contributed by atoms with Gasteiger partial charge >= 0.3 is 0 Å². The van der Waals surface area contributed by atoms with Gasteiger partial charge in [-0.1, -0.05) is 24.3 Å². The average Bonchev–Trinajstić information content (AvgIpc) is 2.82. The first kappa shape index (κ1) is 23.4. The molecule has 1 aliphatic heterocycles. The van der Waals surface area contributed by atoms with Gasteiger partial charge in [-0.3, -0.25) is 4.90 Å². The lowest BCUT2D eigenvalue weighted by molar-refractivity contribution is 0.201. The monoisotopic (exact) mass is 473 g/mol. The molecule has 9 heteroatoms. The van der Waals surface area contributed by atoms with Crippen LogP contribution in [0.3, 0.4) is 0 Å². The SMILES string of the molecule is Cc1c(N(C)C2CCN(Cc3ccccc3F)CC2)cnc(SNc2cccc(F)n2)c1F. The van der Waals surface area contributed by atoms with Gasteiger partial charge in [0.1, 0.15) is 11.6 Å². The number of likely N-dealkylation sites (tertiary alicyclic amines) is 1. The maximum absolute atomic E-state index is 15.0. The van der Waals surface area contributed by atoms with Gasteiger partial charge in [0.25, 0.3) is 0 Å². The zero-order chi connectivity index (χ0) is 23.4. The first-order valence-corrected chi connectivity index (χ1v) is 11.6. The summed E-state index contributed by atoms with van der Waals surface area (Å²) >= 11 is 0.960. The molecular formula is C24H26F3N5S. The fraction of sp³-hybridized carbons (Fsp3) is 0.333. The minimum atomic E-state index is -0.609. The third-order valence-corrected chi connectivity index (χ3v) is 6.80. The summed E-state index contributed by atoms with van der Waals surface area (Å²) in [5.41, 5.74) is 1.97. The molecule has 3 heterocycles. The molecule has 1 fully saturated rings. The second-order valence-corrected chi connectivity index (χ2v) is 8.94. The number of aromatic nitrogens is 2. The topological polar surface area (TPSA) is 44.3 Å². The van der Waals surface area contributed by atoms with Gasteiger partial charge in [-0.15, -0.1) is 0 Å². The third-order valence-electron chi connectivity index (χ3n) is 6.01. The summed E-state index contributed by atoms with van der Waals surface area (Å²) in [6, 6.07) is 11.5. The Kier molecular flexibility index (Phi) is 7.39. The van der Waals surface area contributed by atoms with Crippen LogP contribution in [0.5, 0.6) is 0 Å². The predicted molar refractivity (Wildman–Crippen MR) is 126 cm³/mol. The van der Waals surface area contributed by atoms with E-state index in [0.717, 1.165) is 43.6 Å². The fourth-order valence-electron chi connectivity index (χ4n) is 4.07. The van der Waals surface area contributed by atoms with Crippen molar-refractivity contribution in [3.05, 3.63) is 77.4 Å². The van der Waals surface area contributed by atoms with Crippen LogP contribution in [-0.2, 0) is 6.54 Å². The lowest BCUT2D eigenvalue weighted by atomic mass is 10.0. The third kappa shape index (κ3) is 5.59. The minimum Gasteiger partial charge on any atom is -0.370 e. The Bertz CT molecular complexity index is 1110. The molecule has 1 aliphatic rings. The van der Waals surface area contributed by atoms with Crippen LogP contribution in [0.2, 0.25) is 0 Å². The summed E-state index contributed by atoms with van der Waals surface area (Å²) in [5, 5.41) is 0.176. The highest BCUT2D eigenvalue weighted by Crippen LogP contribution is 2.31. The van der Waals surface area contributed by atoms with Crippen LogP contribution < -0.4 is 9.62 Å². The number of hydrogen-bond acceptors (Lipinski definition) is 6. The Hall–Kier alpha value is -2.78. The summed E-state index contributed by atoms with van der Waals surface area (Å²) in [4.78, 5) is 12.3. The molecule has 0 unspecified atom stereocenters. The quantitative estimate of drug-likeness (QED) is 0.365. The number of piperidine rings is 1. The molecule has 0 saturated carbocycles. The number of benzene rings is 1. The highest BCUT2D eigenvalue weighted by Gasteiger charge is 2.25. The molecular weight excluding hydrogens is 447 g/mol. The van der Waals surface area contributed by atoms with Crippen molar-refractivity contribution in [1.29, 1.82) is 0 Å². The van der Waals surface area contributed by atoms with Crippen LogP contribution in [0.15, 0.2) is 53.7 Å². The van der Waals surface area contributed by atoms with Crippen LogP contribution in [0, 0.1) is 24.5 Å². The van der Waals surface area contributed by atoms with E-state index in [0.29, 0.717) is 23.5 Å². The maximum Gasteiger partial charge on any atom is 0.214 e. The van der Waals surface area contributed by atoms with Crippen molar-refractivity contribution < 1.29 is 13.2 Å². The van der Waals surface area contributed by atoms with E-state index in [1.165, 1.54) is 18.2 Å². The van der Waals surface area contributed by atoms with Gasteiger partial charge < -0.3 is 9.62 Å². The molecule has 0 atom stereocenters. The molecule has 0 bridgehead atoms. The normalized spacial score (nSPS) is 14.9. The Morgan fingerprint density at radius 2 is 1.85 bits per heavy atom.